The van der Waals surface area contributed by atoms with Gasteiger partial charge in [0.15, 0.2) is 11.5 Å². The van der Waals surface area contributed by atoms with E-state index in [9.17, 15) is 0 Å². The first kappa shape index (κ1) is 21.8. The summed E-state index contributed by atoms with van der Waals surface area (Å²) in [6.07, 6.45) is 7.17. The van der Waals surface area contributed by atoms with Gasteiger partial charge < -0.3 is 24.0 Å². The molecule has 0 N–H and O–H groups in total. The molecule has 6 rings (SSSR count). The molecule has 0 aromatic carbocycles. The van der Waals surface area contributed by atoms with Gasteiger partial charge in [-0.15, -0.1) is 5.10 Å². The third kappa shape index (κ3) is 3.93. The maximum atomic E-state index is 5.93. The second-order valence-corrected chi connectivity index (χ2v) is 9.50. The monoisotopic (exact) mass is 467 g/mol. The molecule has 0 aliphatic carbocycles. The largest absolute Gasteiger partial charge is 0.377 e. The van der Waals surface area contributed by atoms with E-state index in [0.29, 0.717) is 26.4 Å². The number of ether oxygens (including phenoxy) is 3. The van der Waals surface area contributed by atoms with Crippen molar-refractivity contribution < 1.29 is 14.2 Å². The minimum Gasteiger partial charge on any atom is -0.377 e. The van der Waals surface area contributed by atoms with Crippen LogP contribution < -0.4 is 9.80 Å². The van der Waals surface area contributed by atoms with E-state index in [2.05, 4.69) is 29.7 Å². The molecule has 0 saturated carbocycles. The van der Waals surface area contributed by atoms with Gasteiger partial charge in [0.05, 0.1) is 44.4 Å². The summed E-state index contributed by atoms with van der Waals surface area (Å²) in [7, 11) is 0. The first-order valence-corrected chi connectivity index (χ1v) is 12.4. The molecule has 0 bridgehead atoms. The summed E-state index contributed by atoms with van der Waals surface area (Å²) in [4.78, 5) is 9.54. The summed E-state index contributed by atoms with van der Waals surface area (Å²) in [6, 6.07) is 4.73. The first-order chi connectivity index (χ1) is 16.7. The molecule has 3 aromatic heterocycles. The molecule has 3 saturated heterocycles. The second kappa shape index (κ2) is 9.16. The zero-order chi connectivity index (χ0) is 23.1. The van der Waals surface area contributed by atoms with Gasteiger partial charge in [0.2, 0.25) is 0 Å². The van der Waals surface area contributed by atoms with E-state index < -0.39 is 0 Å². The number of hydrogen-bond donors (Lipinski definition) is 0. The van der Waals surface area contributed by atoms with Crippen molar-refractivity contribution in [2.45, 2.75) is 51.4 Å². The van der Waals surface area contributed by atoms with Gasteiger partial charge in [0, 0.05) is 38.0 Å². The molecule has 34 heavy (non-hydrogen) atoms. The standard InChI is InChI=1S/C24H33N7O3/c1-17-15-32-11-8-28(17)20-13-22(29-9-12-33-16-18(29)2)27-31-21(14-25-24(20)31)19-6-7-30(26-19)23-5-3-4-10-34-23/h6-7,13-14,17-18,23H,3-5,8-12,15-16H2,1-2H3/t17-,18-,23?/m1/s1. The number of anilines is 2. The normalized spacial score (nSPS) is 26.4. The van der Waals surface area contributed by atoms with Gasteiger partial charge in [-0.3, -0.25) is 0 Å². The van der Waals surface area contributed by atoms with Crippen LogP contribution in [-0.4, -0.2) is 82.6 Å². The summed E-state index contributed by atoms with van der Waals surface area (Å²) < 4.78 is 21.2. The zero-order valence-electron chi connectivity index (χ0n) is 20.0. The predicted octanol–water partition coefficient (Wildman–Crippen LogP) is 2.74. The molecule has 0 radical (unpaired) electrons. The molecule has 3 atom stereocenters. The van der Waals surface area contributed by atoms with E-state index in [1.807, 2.05) is 27.7 Å². The fourth-order valence-corrected chi connectivity index (χ4v) is 5.19. The van der Waals surface area contributed by atoms with Gasteiger partial charge in [-0.25, -0.2) is 14.2 Å². The van der Waals surface area contributed by atoms with Gasteiger partial charge in [0.25, 0.3) is 0 Å². The van der Waals surface area contributed by atoms with Crippen LogP contribution in [0.5, 0.6) is 0 Å². The van der Waals surface area contributed by atoms with Crippen molar-refractivity contribution in [2.75, 3.05) is 55.9 Å². The highest BCUT2D eigenvalue weighted by molar-refractivity contribution is 5.76. The molecular weight excluding hydrogens is 434 g/mol. The minimum atomic E-state index is 0.00386. The Balaban J connectivity index is 1.44. The van der Waals surface area contributed by atoms with Crippen molar-refractivity contribution >= 4 is 17.2 Å². The summed E-state index contributed by atoms with van der Waals surface area (Å²) in [5.74, 6) is 0.936. The van der Waals surface area contributed by atoms with Crippen LogP contribution in [0.15, 0.2) is 24.5 Å². The number of imidazole rings is 1. The van der Waals surface area contributed by atoms with Crippen LogP contribution in [0, 0.1) is 0 Å². The minimum absolute atomic E-state index is 0.00386. The van der Waals surface area contributed by atoms with E-state index in [0.717, 1.165) is 61.1 Å². The van der Waals surface area contributed by atoms with E-state index in [1.54, 1.807) is 0 Å². The Morgan fingerprint density at radius 3 is 2.47 bits per heavy atom. The SMILES string of the molecule is C[C@@H]1COCCN1c1cc(N2CCOC[C@H]2C)c2ncc(-c3ccn(C4CCCCO4)n3)n2n1. The van der Waals surface area contributed by atoms with Gasteiger partial charge in [-0.1, -0.05) is 0 Å². The van der Waals surface area contributed by atoms with E-state index in [-0.39, 0.29) is 18.3 Å². The third-order valence-corrected chi connectivity index (χ3v) is 7.10. The van der Waals surface area contributed by atoms with Gasteiger partial charge in [0.1, 0.15) is 17.6 Å². The quantitative estimate of drug-likeness (QED) is 0.579. The average Bonchev–Trinajstić information content (AvgIpc) is 3.52. The second-order valence-electron chi connectivity index (χ2n) is 9.50. The molecular formula is C24H33N7O3. The van der Waals surface area contributed by atoms with Crippen molar-refractivity contribution in [1.82, 2.24) is 24.4 Å². The molecule has 3 aliphatic rings. The Hall–Kier alpha value is -2.69. The highest BCUT2D eigenvalue weighted by Gasteiger charge is 2.28. The Morgan fingerprint density at radius 1 is 0.941 bits per heavy atom. The molecule has 10 heteroatoms. The van der Waals surface area contributed by atoms with Crippen LogP contribution in [0.4, 0.5) is 11.5 Å². The lowest BCUT2D eigenvalue weighted by Crippen LogP contribution is -2.45. The zero-order valence-corrected chi connectivity index (χ0v) is 20.0. The smallest absolute Gasteiger partial charge is 0.178 e. The number of nitrogens with zero attached hydrogens (tertiary/aromatic N) is 7. The predicted molar refractivity (Wildman–Crippen MR) is 128 cm³/mol. The third-order valence-electron chi connectivity index (χ3n) is 7.10. The molecule has 10 nitrogen and oxygen atoms in total. The van der Waals surface area contributed by atoms with Crippen LogP contribution in [0.2, 0.25) is 0 Å². The molecule has 6 heterocycles. The molecule has 3 fully saturated rings. The van der Waals surface area contributed by atoms with Crippen LogP contribution in [0.3, 0.4) is 0 Å². The Labute approximate surface area is 199 Å². The van der Waals surface area contributed by atoms with Crippen molar-refractivity contribution in [3.8, 4) is 11.4 Å². The number of aromatic nitrogens is 5. The first-order valence-electron chi connectivity index (χ1n) is 12.4. The highest BCUT2D eigenvalue weighted by atomic mass is 16.5. The molecule has 182 valence electrons. The lowest BCUT2D eigenvalue weighted by atomic mass is 10.2. The van der Waals surface area contributed by atoms with Gasteiger partial charge in [-0.05, 0) is 39.2 Å². The Bertz CT molecular complexity index is 1140. The van der Waals surface area contributed by atoms with Crippen molar-refractivity contribution in [3.63, 3.8) is 0 Å². The topological polar surface area (TPSA) is 82.2 Å². The Kier molecular flexibility index (Phi) is 5.88. The summed E-state index contributed by atoms with van der Waals surface area (Å²) in [6.45, 7) is 9.63. The summed E-state index contributed by atoms with van der Waals surface area (Å²) >= 11 is 0. The molecule has 0 spiro atoms. The molecule has 0 amide bonds. The fraction of sp³-hybridized carbons (Fsp3) is 0.625. The van der Waals surface area contributed by atoms with E-state index >= 15 is 0 Å². The number of morpholine rings is 2. The lowest BCUT2D eigenvalue weighted by molar-refractivity contribution is -0.0393. The van der Waals surface area contributed by atoms with Crippen LogP contribution in [-0.2, 0) is 14.2 Å². The highest BCUT2D eigenvalue weighted by Crippen LogP contribution is 2.32. The number of fused-ring (bicyclic) bond motifs is 1. The molecule has 3 aromatic rings. The summed E-state index contributed by atoms with van der Waals surface area (Å²) in [5.41, 5.74) is 3.66. The van der Waals surface area contributed by atoms with E-state index in [1.165, 1.54) is 6.42 Å². The van der Waals surface area contributed by atoms with Gasteiger partial charge in [-0.2, -0.15) is 5.10 Å². The number of hydrogen-bond acceptors (Lipinski definition) is 8. The molecule has 1 unspecified atom stereocenters. The fourth-order valence-electron chi connectivity index (χ4n) is 5.19. The van der Waals surface area contributed by atoms with E-state index in [4.69, 9.17) is 29.4 Å². The van der Waals surface area contributed by atoms with Crippen molar-refractivity contribution in [1.29, 1.82) is 0 Å². The maximum absolute atomic E-state index is 5.93. The van der Waals surface area contributed by atoms with Crippen LogP contribution in [0.25, 0.3) is 17.0 Å². The lowest BCUT2D eigenvalue weighted by Gasteiger charge is -2.37. The summed E-state index contributed by atoms with van der Waals surface area (Å²) in [5, 5.41) is 9.94. The van der Waals surface area contributed by atoms with Crippen molar-refractivity contribution in [3.05, 3.63) is 24.5 Å². The molecule has 3 aliphatic heterocycles. The average molecular weight is 468 g/mol. The van der Waals surface area contributed by atoms with Crippen LogP contribution >= 0.6 is 0 Å². The van der Waals surface area contributed by atoms with Gasteiger partial charge >= 0.3 is 0 Å². The van der Waals surface area contributed by atoms with Crippen LogP contribution in [0.1, 0.15) is 39.3 Å². The van der Waals surface area contributed by atoms with Crippen molar-refractivity contribution in [2.24, 2.45) is 0 Å². The number of rotatable bonds is 4. The Morgan fingerprint density at radius 2 is 1.74 bits per heavy atom. The maximum Gasteiger partial charge on any atom is 0.178 e.